The van der Waals surface area contributed by atoms with Crippen molar-refractivity contribution in [2.75, 3.05) is 7.05 Å². The van der Waals surface area contributed by atoms with Crippen LogP contribution in [0.5, 0.6) is 5.75 Å². The molecule has 1 saturated carbocycles. The Kier molecular flexibility index (Phi) is 2.58. The first-order valence-corrected chi connectivity index (χ1v) is 4.89. The number of carbonyl (C=O) groups excluding carboxylic acids is 1. The van der Waals surface area contributed by atoms with Crippen LogP contribution in [-0.4, -0.2) is 19.1 Å². The third kappa shape index (κ3) is 2.09. The fraction of sp³-hybridized carbons (Fsp3) is 0.364. The largest absolute Gasteiger partial charge is 0.487 e. The molecule has 1 aliphatic rings. The smallest absolute Gasteiger partial charge is 0.254 e. The number of nitrogens with one attached hydrogen (secondary N) is 1. The predicted octanol–water partition coefficient (Wildman–Crippen LogP) is 1.73. The van der Waals surface area contributed by atoms with Crippen molar-refractivity contribution in [3.05, 3.63) is 29.6 Å². The van der Waals surface area contributed by atoms with Crippen LogP contribution in [0.15, 0.2) is 18.2 Å². The van der Waals surface area contributed by atoms with Crippen molar-refractivity contribution in [1.82, 2.24) is 5.32 Å². The summed E-state index contributed by atoms with van der Waals surface area (Å²) in [5.41, 5.74) is 0.254. The number of amides is 1. The molecule has 0 bridgehead atoms. The Morgan fingerprint density at radius 3 is 2.87 bits per heavy atom. The monoisotopic (exact) mass is 209 g/mol. The molecule has 1 amide bonds. The van der Waals surface area contributed by atoms with Gasteiger partial charge in [0.25, 0.3) is 5.91 Å². The number of hydrogen-bond acceptors (Lipinski definition) is 2. The van der Waals surface area contributed by atoms with E-state index in [1.807, 2.05) is 0 Å². The molecule has 0 saturated heterocycles. The molecule has 15 heavy (non-hydrogen) atoms. The van der Waals surface area contributed by atoms with Crippen molar-refractivity contribution in [3.63, 3.8) is 0 Å². The zero-order chi connectivity index (χ0) is 10.8. The molecule has 1 fully saturated rings. The molecule has 1 aliphatic carbocycles. The summed E-state index contributed by atoms with van der Waals surface area (Å²) in [5.74, 6) is -0.743. The second-order valence-electron chi connectivity index (χ2n) is 3.51. The number of carbonyl (C=O) groups is 1. The molecule has 80 valence electrons. The predicted molar refractivity (Wildman–Crippen MR) is 53.4 cm³/mol. The van der Waals surface area contributed by atoms with Crippen molar-refractivity contribution in [2.45, 2.75) is 18.9 Å². The molecule has 1 aromatic carbocycles. The molecule has 0 radical (unpaired) electrons. The first kappa shape index (κ1) is 9.96. The molecule has 2 rings (SSSR count). The van der Waals surface area contributed by atoms with Crippen LogP contribution in [0.4, 0.5) is 4.39 Å². The SMILES string of the molecule is CNC(=O)c1cccc(F)c1OC1CC1. The van der Waals surface area contributed by atoms with Gasteiger partial charge in [0, 0.05) is 7.05 Å². The second-order valence-corrected chi connectivity index (χ2v) is 3.51. The Morgan fingerprint density at radius 1 is 1.53 bits per heavy atom. The summed E-state index contributed by atoms with van der Waals surface area (Å²) < 4.78 is 18.8. The highest BCUT2D eigenvalue weighted by molar-refractivity contribution is 5.96. The summed E-state index contributed by atoms with van der Waals surface area (Å²) in [5, 5.41) is 2.46. The van der Waals surface area contributed by atoms with Gasteiger partial charge in [-0.05, 0) is 25.0 Å². The van der Waals surface area contributed by atoms with Gasteiger partial charge in [-0.25, -0.2) is 4.39 Å². The Balaban J connectivity index is 2.33. The molecule has 0 aromatic heterocycles. The normalized spacial score (nSPS) is 14.8. The van der Waals surface area contributed by atoms with E-state index < -0.39 is 5.82 Å². The molecule has 0 spiro atoms. The van der Waals surface area contributed by atoms with Crippen LogP contribution in [0.25, 0.3) is 0 Å². The molecule has 0 aliphatic heterocycles. The number of halogens is 1. The highest BCUT2D eigenvalue weighted by Crippen LogP contribution is 2.31. The van der Waals surface area contributed by atoms with Gasteiger partial charge in [-0.15, -0.1) is 0 Å². The van der Waals surface area contributed by atoms with E-state index in [0.29, 0.717) is 0 Å². The van der Waals surface area contributed by atoms with Gasteiger partial charge in [0.1, 0.15) is 0 Å². The number of ether oxygens (including phenoxy) is 1. The quantitative estimate of drug-likeness (QED) is 0.823. The third-order valence-electron chi connectivity index (χ3n) is 2.25. The van der Waals surface area contributed by atoms with E-state index in [-0.39, 0.29) is 23.3 Å². The van der Waals surface area contributed by atoms with Crippen LogP contribution in [0, 0.1) is 5.82 Å². The van der Waals surface area contributed by atoms with E-state index in [1.165, 1.54) is 19.2 Å². The standard InChI is InChI=1S/C11H12FNO2/c1-13-11(14)8-3-2-4-9(12)10(8)15-7-5-6-7/h2-4,7H,5-6H2,1H3,(H,13,14). The summed E-state index contributed by atoms with van der Waals surface area (Å²) in [6, 6.07) is 4.35. The second kappa shape index (κ2) is 3.88. The highest BCUT2D eigenvalue weighted by atomic mass is 19.1. The maximum absolute atomic E-state index is 13.4. The molecule has 0 heterocycles. The van der Waals surface area contributed by atoms with Crippen LogP contribution < -0.4 is 10.1 Å². The average Bonchev–Trinajstić information content (AvgIpc) is 3.04. The van der Waals surface area contributed by atoms with Crippen molar-refractivity contribution in [1.29, 1.82) is 0 Å². The lowest BCUT2D eigenvalue weighted by atomic mass is 10.2. The minimum Gasteiger partial charge on any atom is -0.487 e. The molecular weight excluding hydrogens is 197 g/mol. The van der Waals surface area contributed by atoms with Crippen LogP contribution in [-0.2, 0) is 0 Å². The minimum absolute atomic E-state index is 0.0688. The average molecular weight is 209 g/mol. The lowest BCUT2D eigenvalue weighted by Gasteiger charge is -2.10. The topological polar surface area (TPSA) is 38.3 Å². The van der Waals surface area contributed by atoms with Gasteiger partial charge in [0.15, 0.2) is 11.6 Å². The third-order valence-corrected chi connectivity index (χ3v) is 2.25. The number of hydrogen-bond donors (Lipinski definition) is 1. The Morgan fingerprint density at radius 2 is 2.27 bits per heavy atom. The summed E-state index contributed by atoms with van der Waals surface area (Å²) in [7, 11) is 1.51. The fourth-order valence-electron chi connectivity index (χ4n) is 1.29. The Hall–Kier alpha value is -1.58. The van der Waals surface area contributed by atoms with Crippen LogP contribution in [0.2, 0.25) is 0 Å². The zero-order valence-corrected chi connectivity index (χ0v) is 8.42. The van der Waals surface area contributed by atoms with Gasteiger partial charge < -0.3 is 10.1 Å². The van der Waals surface area contributed by atoms with Crippen molar-refractivity contribution in [3.8, 4) is 5.75 Å². The molecule has 3 nitrogen and oxygen atoms in total. The van der Waals surface area contributed by atoms with Crippen molar-refractivity contribution < 1.29 is 13.9 Å². The first-order valence-electron chi connectivity index (χ1n) is 4.89. The molecule has 1 N–H and O–H groups in total. The van der Waals surface area contributed by atoms with Crippen molar-refractivity contribution >= 4 is 5.91 Å². The molecular formula is C11H12FNO2. The molecule has 0 atom stereocenters. The summed E-state index contributed by atoms with van der Waals surface area (Å²) in [4.78, 5) is 11.4. The van der Waals surface area contributed by atoms with Gasteiger partial charge in [-0.1, -0.05) is 6.07 Å². The van der Waals surface area contributed by atoms with E-state index in [2.05, 4.69) is 5.32 Å². The van der Waals surface area contributed by atoms with Gasteiger partial charge >= 0.3 is 0 Å². The van der Waals surface area contributed by atoms with Crippen molar-refractivity contribution in [2.24, 2.45) is 0 Å². The lowest BCUT2D eigenvalue weighted by Crippen LogP contribution is -2.19. The van der Waals surface area contributed by atoms with Crippen LogP contribution >= 0.6 is 0 Å². The van der Waals surface area contributed by atoms with E-state index in [0.717, 1.165) is 12.8 Å². The van der Waals surface area contributed by atoms with E-state index in [9.17, 15) is 9.18 Å². The van der Waals surface area contributed by atoms with Crippen LogP contribution in [0.3, 0.4) is 0 Å². The van der Waals surface area contributed by atoms with Crippen LogP contribution in [0.1, 0.15) is 23.2 Å². The fourth-order valence-corrected chi connectivity index (χ4v) is 1.29. The molecule has 0 unspecified atom stereocenters. The molecule has 4 heteroatoms. The number of benzene rings is 1. The first-order chi connectivity index (χ1) is 7.22. The van der Waals surface area contributed by atoms with E-state index >= 15 is 0 Å². The minimum atomic E-state index is -0.483. The Bertz CT molecular complexity index is 388. The van der Waals surface area contributed by atoms with Gasteiger partial charge in [-0.2, -0.15) is 0 Å². The highest BCUT2D eigenvalue weighted by Gasteiger charge is 2.27. The maximum atomic E-state index is 13.4. The summed E-state index contributed by atoms with van der Waals surface area (Å²) in [6.07, 6.45) is 1.94. The number of rotatable bonds is 3. The maximum Gasteiger partial charge on any atom is 0.254 e. The summed E-state index contributed by atoms with van der Waals surface area (Å²) >= 11 is 0. The van der Waals surface area contributed by atoms with Gasteiger partial charge in [-0.3, -0.25) is 4.79 Å². The summed E-state index contributed by atoms with van der Waals surface area (Å²) in [6.45, 7) is 0. The molecule has 1 aromatic rings. The lowest BCUT2D eigenvalue weighted by molar-refractivity contribution is 0.0957. The Labute approximate surface area is 87.2 Å². The van der Waals surface area contributed by atoms with E-state index in [4.69, 9.17) is 4.74 Å². The zero-order valence-electron chi connectivity index (χ0n) is 8.42. The van der Waals surface area contributed by atoms with Gasteiger partial charge in [0.2, 0.25) is 0 Å². The number of para-hydroxylation sites is 1. The van der Waals surface area contributed by atoms with Gasteiger partial charge in [0.05, 0.1) is 11.7 Å². The van der Waals surface area contributed by atoms with E-state index in [1.54, 1.807) is 6.07 Å².